The molecule has 3 heterocycles. The lowest BCUT2D eigenvalue weighted by atomic mass is 10.1. The second-order valence-electron chi connectivity index (χ2n) is 7.22. The van der Waals surface area contributed by atoms with Crippen LogP contribution in [0.15, 0.2) is 57.5 Å². The summed E-state index contributed by atoms with van der Waals surface area (Å²) in [4.78, 5) is 14.2. The van der Waals surface area contributed by atoms with Crippen LogP contribution < -0.4 is 0 Å². The van der Waals surface area contributed by atoms with E-state index in [9.17, 15) is 4.79 Å². The average molecular weight is 438 g/mol. The minimum atomic E-state index is 0.0748. The molecule has 5 nitrogen and oxygen atoms in total. The molecule has 0 N–H and O–H groups in total. The van der Waals surface area contributed by atoms with Crippen molar-refractivity contribution >= 4 is 28.9 Å². The molecular formula is C23H23N3O2S2. The summed E-state index contributed by atoms with van der Waals surface area (Å²) in [6.45, 7) is 6.96. The minimum Gasteiger partial charge on any atom is -0.411 e. The van der Waals surface area contributed by atoms with Gasteiger partial charge in [0.25, 0.3) is 5.22 Å². The molecule has 0 atom stereocenters. The number of aryl methyl sites for hydroxylation is 3. The largest absolute Gasteiger partial charge is 0.411 e. The average Bonchev–Trinajstić information content (AvgIpc) is 3.46. The first-order chi connectivity index (χ1) is 14.5. The van der Waals surface area contributed by atoms with E-state index < -0.39 is 0 Å². The molecule has 0 saturated heterocycles. The number of hydrogen-bond donors (Lipinski definition) is 0. The number of hydrogen-bond acceptors (Lipinski definition) is 6. The van der Waals surface area contributed by atoms with E-state index in [1.54, 1.807) is 11.3 Å². The zero-order valence-corrected chi connectivity index (χ0v) is 18.8. The molecule has 7 heteroatoms. The molecule has 0 bridgehead atoms. The lowest BCUT2D eigenvalue weighted by Gasteiger charge is -2.09. The summed E-state index contributed by atoms with van der Waals surface area (Å²) in [5, 5.41) is 10.7. The van der Waals surface area contributed by atoms with Gasteiger partial charge in [0.05, 0.1) is 5.75 Å². The summed E-state index contributed by atoms with van der Waals surface area (Å²) in [6, 6.07) is 14.1. The molecule has 0 aliphatic heterocycles. The van der Waals surface area contributed by atoms with Gasteiger partial charge in [-0.15, -0.1) is 21.5 Å². The van der Waals surface area contributed by atoms with Crippen LogP contribution in [0.4, 0.5) is 0 Å². The van der Waals surface area contributed by atoms with E-state index in [1.807, 2.05) is 44.2 Å². The van der Waals surface area contributed by atoms with Crippen LogP contribution >= 0.6 is 23.1 Å². The lowest BCUT2D eigenvalue weighted by molar-refractivity contribution is 0.102. The Hall–Kier alpha value is -2.64. The highest BCUT2D eigenvalue weighted by Gasteiger charge is 2.18. The second-order valence-corrected chi connectivity index (χ2v) is 9.18. The number of Topliss-reactive ketones (excluding diaryl/α,β-unsaturated/α-hetero) is 1. The van der Waals surface area contributed by atoms with E-state index in [1.165, 1.54) is 16.6 Å². The summed E-state index contributed by atoms with van der Waals surface area (Å²) in [6.07, 6.45) is 0.972. The Bertz CT molecular complexity index is 1160. The number of nitrogens with zero attached hydrogens (tertiary/aromatic N) is 3. The van der Waals surface area contributed by atoms with Crippen molar-refractivity contribution < 1.29 is 9.21 Å². The molecule has 0 radical (unpaired) electrons. The quantitative estimate of drug-likeness (QED) is 0.260. The zero-order chi connectivity index (χ0) is 21.1. The lowest BCUT2D eigenvalue weighted by Crippen LogP contribution is -2.08. The minimum absolute atomic E-state index is 0.0748. The molecule has 0 aliphatic rings. The highest BCUT2D eigenvalue weighted by atomic mass is 32.2. The molecule has 0 spiro atoms. The van der Waals surface area contributed by atoms with E-state index in [0.29, 0.717) is 11.1 Å². The van der Waals surface area contributed by atoms with Crippen molar-refractivity contribution in [2.75, 3.05) is 5.75 Å². The molecule has 0 unspecified atom stereocenters. The molecular weight excluding hydrogens is 414 g/mol. The van der Waals surface area contributed by atoms with Crippen molar-refractivity contribution in [1.82, 2.24) is 14.8 Å². The number of rotatable bonds is 8. The summed E-state index contributed by atoms with van der Waals surface area (Å²) in [5.41, 5.74) is 4.90. The van der Waals surface area contributed by atoms with Gasteiger partial charge < -0.3 is 8.98 Å². The van der Waals surface area contributed by atoms with Gasteiger partial charge in [0.15, 0.2) is 5.78 Å². The normalized spacial score (nSPS) is 11.2. The third-order valence-corrected chi connectivity index (χ3v) is 6.79. The van der Waals surface area contributed by atoms with Gasteiger partial charge in [-0.3, -0.25) is 4.79 Å². The predicted molar refractivity (Wildman–Crippen MR) is 121 cm³/mol. The molecule has 3 aromatic heterocycles. The Kier molecular flexibility index (Phi) is 6.20. The Labute approximate surface area is 184 Å². The molecule has 1 aromatic carbocycles. The first-order valence-electron chi connectivity index (χ1n) is 9.77. The Morgan fingerprint density at radius 3 is 2.77 bits per heavy atom. The number of ketones is 1. The van der Waals surface area contributed by atoms with E-state index in [0.717, 1.165) is 41.0 Å². The van der Waals surface area contributed by atoms with Crippen LogP contribution in [0.1, 0.15) is 32.2 Å². The van der Waals surface area contributed by atoms with Gasteiger partial charge in [-0.2, -0.15) is 0 Å². The predicted octanol–water partition coefficient (Wildman–Crippen LogP) is 5.74. The summed E-state index contributed by atoms with van der Waals surface area (Å²) in [5.74, 6) is 0.816. The smallest absolute Gasteiger partial charge is 0.277 e. The van der Waals surface area contributed by atoms with Gasteiger partial charge in [-0.1, -0.05) is 35.5 Å². The van der Waals surface area contributed by atoms with Crippen molar-refractivity contribution in [2.24, 2.45) is 0 Å². The van der Waals surface area contributed by atoms with E-state index >= 15 is 0 Å². The maximum absolute atomic E-state index is 12.8. The van der Waals surface area contributed by atoms with Crippen LogP contribution in [-0.4, -0.2) is 26.3 Å². The molecule has 30 heavy (non-hydrogen) atoms. The van der Waals surface area contributed by atoms with Gasteiger partial charge in [0, 0.05) is 33.9 Å². The highest BCUT2D eigenvalue weighted by molar-refractivity contribution is 7.99. The van der Waals surface area contributed by atoms with Crippen LogP contribution in [0.3, 0.4) is 0 Å². The molecule has 154 valence electrons. The molecule has 4 aromatic rings. The number of benzene rings is 1. The Morgan fingerprint density at radius 1 is 1.13 bits per heavy atom. The number of aromatic nitrogens is 3. The standard InChI is InChI=1S/C23H23N3O2S2/c1-15-6-4-7-18(12-15)22-24-25-23(28-22)30-14-21(27)20-13-16(2)26(17(20)3)10-9-19-8-5-11-29-19/h4-8,11-13H,9-10,14H2,1-3H3. The first-order valence-corrected chi connectivity index (χ1v) is 11.6. The molecule has 0 saturated carbocycles. The topological polar surface area (TPSA) is 60.9 Å². The summed E-state index contributed by atoms with van der Waals surface area (Å²) < 4.78 is 7.96. The van der Waals surface area contributed by atoms with Crippen molar-refractivity contribution in [1.29, 1.82) is 0 Å². The third kappa shape index (κ3) is 4.57. The third-order valence-electron chi connectivity index (χ3n) is 5.03. The molecule has 0 aliphatic carbocycles. The summed E-state index contributed by atoms with van der Waals surface area (Å²) >= 11 is 3.05. The van der Waals surface area contributed by atoms with Gasteiger partial charge >= 0.3 is 0 Å². The van der Waals surface area contributed by atoms with Gasteiger partial charge in [0.2, 0.25) is 5.89 Å². The van der Waals surface area contributed by atoms with Gasteiger partial charge in [0.1, 0.15) is 0 Å². The number of thioether (sulfide) groups is 1. The SMILES string of the molecule is Cc1cccc(-c2nnc(SCC(=O)c3cc(C)n(CCc4cccs4)c3C)o2)c1. The van der Waals surface area contributed by atoms with Crippen LogP contribution in [0.5, 0.6) is 0 Å². The van der Waals surface area contributed by atoms with Crippen molar-refractivity contribution in [3.8, 4) is 11.5 Å². The molecule has 4 rings (SSSR count). The maximum atomic E-state index is 12.8. The molecule has 0 amide bonds. The van der Waals surface area contributed by atoms with Crippen LogP contribution in [-0.2, 0) is 13.0 Å². The molecule has 0 fully saturated rings. The van der Waals surface area contributed by atoms with E-state index in [2.05, 4.69) is 39.2 Å². The fourth-order valence-corrected chi connectivity index (χ4v) is 4.82. The number of carbonyl (C=O) groups is 1. The highest BCUT2D eigenvalue weighted by Crippen LogP contribution is 2.25. The van der Waals surface area contributed by atoms with Gasteiger partial charge in [-0.25, -0.2) is 0 Å². The van der Waals surface area contributed by atoms with Crippen LogP contribution in [0, 0.1) is 20.8 Å². The van der Waals surface area contributed by atoms with Gasteiger partial charge in [-0.05, 0) is 56.8 Å². The second kappa shape index (κ2) is 9.02. The fraction of sp³-hybridized carbons (Fsp3) is 0.261. The fourth-order valence-electron chi connectivity index (χ4n) is 3.47. The van der Waals surface area contributed by atoms with Crippen molar-refractivity contribution in [3.63, 3.8) is 0 Å². The van der Waals surface area contributed by atoms with E-state index in [4.69, 9.17) is 4.42 Å². The van der Waals surface area contributed by atoms with Crippen LogP contribution in [0.25, 0.3) is 11.5 Å². The first kappa shape index (κ1) is 20.6. The van der Waals surface area contributed by atoms with Crippen molar-refractivity contribution in [3.05, 3.63) is 75.2 Å². The zero-order valence-electron chi connectivity index (χ0n) is 17.2. The Balaban J connectivity index is 1.40. The Morgan fingerprint density at radius 2 is 2.00 bits per heavy atom. The van der Waals surface area contributed by atoms with E-state index in [-0.39, 0.29) is 11.5 Å². The monoisotopic (exact) mass is 437 g/mol. The maximum Gasteiger partial charge on any atom is 0.277 e. The number of thiophene rings is 1. The number of carbonyl (C=O) groups excluding carboxylic acids is 1. The van der Waals surface area contributed by atoms with Crippen molar-refractivity contribution in [2.45, 2.75) is 39.0 Å². The van der Waals surface area contributed by atoms with Crippen LogP contribution in [0.2, 0.25) is 0 Å². The summed E-state index contributed by atoms with van der Waals surface area (Å²) in [7, 11) is 0.